The van der Waals surface area contributed by atoms with Gasteiger partial charge in [0.1, 0.15) is 5.76 Å². The number of allylic oxidation sites excluding steroid dienone is 2. The first kappa shape index (κ1) is 35.7. The Hall–Kier alpha value is -2.29. The molecule has 1 aromatic heterocycles. The number of nitrogens with zero attached hydrogens (tertiary/aromatic N) is 1. The Labute approximate surface area is 257 Å². The van der Waals surface area contributed by atoms with Gasteiger partial charge in [0.25, 0.3) is 0 Å². The first-order chi connectivity index (χ1) is 18.3. The summed E-state index contributed by atoms with van der Waals surface area (Å²) in [5, 5.41) is 11.4. The Bertz CT molecular complexity index is 1260. The number of benzene rings is 2. The topological polar surface area (TPSA) is 50.2 Å². The third-order valence-electron chi connectivity index (χ3n) is 8.48. The van der Waals surface area contributed by atoms with E-state index in [1.807, 2.05) is 41.5 Å². The Morgan fingerprint density at radius 1 is 0.950 bits per heavy atom. The van der Waals surface area contributed by atoms with Crippen LogP contribution < -0.4 is 0 Å². The summed E-state index contributed by atoms with van der Waals surface area (Å²) in [7, 11) is 0. The van der Waals surface area contributed by atoms with Crippen LogP contribution in [0.1, 0.15) is 97.8 Å². The van der Waals surface area contributed by atoms with Gasteiger partial charge >= 0.3 is 0 Å². The summed E-state index contributed by atoms with van der Waals surface area (Å²) in [4.78, 5) is 17.0. The fourth-order valence-electron chi connectivity index (χ4n) is 4.70. The molecule has 0 amide bonds. The van der Waals surface area contributed by atoms with Gasteiger partial charge in [-0.3, -0.25) is 9.78 Å². The van der Waals surface area contributed by atoms with Crippen LogP contribution in [0.3, 0.4) is 0 Å². The summed E-state index contributed by atoms with van der Waals surface area (Å²) in [5.41, 5.74) is 6.34. The fraction of sp³-hybridized carbons (Fsp3) is 0.500. The summed E-state index contributed by atoms with van der Waals surface area (Å²) in [5.74, 6) is 0.937. The molecule has 0 saturated carbocycles. The Balaban J connectivity index is 0.000000406. The molecule has 3 aromatic rings. The second kappa shape index (κ2) is 15.6. The van der Waals surface area contributed by atoms with Crippen LogP contribution in [0.2, 0.25) is 0 Å². The minimum Gasteiger partial charge on any atom is -0.512 e. The van der Waals surface area contributed by atoms with Crippen LogP contribution in [-0.4, -0.2) is 15.9 Å². The monoisotopic (exact) mass is 721 g/mol. The van der Waals surface area contributed by atoms with Gasteiger partial charge in [0.15, 0.2) is 5.78 Å². The zero-order valence-corrected chi connectivity index (χ0v) is 28.8. The van der Waals surface area contributed by atoms with Gasteiger partial charge in [-0.1, -0.05) is 93.5 Å². The number of aromatic nitrogens is 1. The van der Waals surface area contributed by atoms with Gasteiger partial charge in [0.2, 0.25) is 0 Å². The number of aliphatic hydroxyl groups excluding tert-OH is 1. The fourth-order valence-corrected chi connectivity index (χ4v) is 4.70. The summed E-state index contributed by atoms with van der Waals surface area (Å²) < 4.78 is 0. The van der Waals surface area contributed by atoms with Crippen LogP contribution in [0.4, 0.5) is 0 Å². The van der Waals surface area contributed by atoms with Crippen LogP contribution in [0.25, 0.3) is 22.2 Å². The SMILES string of the molecule is CCC(C)(CC)C(=O)/C=C(\O)C(C)(CC)CC.Cc1[c-]c(-c2ccc3c(CC(C)C)cccc3n2)cc(C)c1.[Ir]. The predicted octanol–water partition coefficient (Wildman–Crippen LogP) is 10.2. The van der Waals surface area contributed by atoms with Crippen molar-refractivity contribution in [2.45, 2.75) is 101 Å². The van der Waals surface area contributed by atoms with Gasteiger partial charge in [-0.2, -0.15) is 0 Å². The molecule has 0 bridgehead atoms. The maximum Gasteiger partial charge on any atom is 0.164 e. The molecule has 0 atom stereocenters. The maximum absolute atomic E-state index is 12.2. The summed E-state index contributed by atoms with van der Waals surface area (Å²) in [6, 6.07) is 18.5. The van der Waals surface area contributed by atoms with E-state index in [9.17, 15) is 9.90 Å². The van der Waals surface area contributed by atoms with Crippen LogP contribution in [0.15, 0.2) is 54.3 Å². The van der Waals surface area contributed by atoms with E-state index < -0.39 is 0 Å². The van der Waals surface area contributed by atoms with Crippen LogP contribution in [0.5, 0.6) is 0 Å². The van der Waals surface area contributed by atoms with Gasteiger partial charge in [-0.25, -0.2) is 0 Å². The number of rotatable bonds is 10. The number of aryl methyl sites for hydroxylation is 2. The molecular weight excluding hydrogens is 671 g/mol. The van der Waals surface area contributed by atoms with E-state index in [1.54, 1.807) is 0 Å². The van der Waals surface area contributed by atoms with Crippen molar-refractivity contribution in [2.75, 3.05) is 0 Å². The number of pyridine rings is 1. The average Bonchev–Trinajstić information content (AvgIpc) is 2.91. The number of ketones is 1. The number of hydrogen-bond donors (Lipinski definition) is 1. The largest absolute Gasteiger partial charge is 0.512 e. The van der Waals surface area contributed by atoms with E-state index in [0.717, 1.165) is 54.4 Å². The van der Waals surface area contributed by atoms with Gasteiger partial charge in [-0.15, -0.1) is 34.9 Å². The molecule has 0 aliphatic carbocycles. The molecular formula is C36H50IrNO2-. The molecule has 3 rings (SSSR count). The number of carbonyl (C=O) groups excluding carboxylic acids is 1. The van der Waals surface area contributed by atoms with Crippen molar-refractivity contribution >= 4 is 16.7 Å². The number of aliphatic hydroxyl groups is 1. The van der Waals surface area contributed by atoms with Crippen molar-refractivity contribution in [2.24, 2.45) is 16.7 Å². The first-order valence-corrected chi connectivity index (χ1v) is 14.7. The van der Waals surface area contributed by atoms with Crippen LogP contribution >= 0.6 is 0 Å². The van der Waals surface area contributed by atoms with Crippen molar-refractivity contribution < 1.29 is 30.0 Å². The second-order valence-corrected chi connectivity index (χ2v) is 12.0. The minimum absolute atomic E-state index is 0. The molecule has 1 heterocycles. The Kier molecular flexibility index (Phi) is 14.0. The van der Waals surface area contributed by atoms with Crippen molar-refractivity contribution in [1.82, 2.24) is 4.98 Å². The van der Waals surface area contributed by atoms with Crippen LogP contribution in [-0.2, 0) is 31.3 Å². The molecule has 1 N–H and O–H groups in total. The molecule has 0 saturated heterocycles. The van der Waals surface area contributed by atoms with Crippen molar-refractivity contribution in [3.63, 3.8) is 0 Å². The van der Waals surface area contributed by atoms with Gasteiger partial charge in [0.05, 0.1) is 5.52 Å². The van der Waals surface area contributed by atoms with Gasteiger partial charge in [0, 0.05) is 42.4 Å². The molecule has 2 aromatic carbocycles. The van der Waals surface area contributed by atoms with Crippen molar-refractivity contribution in [3.05, 3.63) is 77.1 Å². The standard InChI is InChI=1S/C21H22N.C15H28O2.Ir/c1-14(2)10-17-6-5-7-21-19(17)8-9-20(22-21)18-12-15(3)11-16(4)13-18;1-7-14(5,8-2)12(16)11-13(17)15(6,9-3)10-4;/h5-9,11-12,14H,10H2,1-4H3;11,16H,7-10H2,1-6H3;/q-1;;/b;12-11-;. The molecule has 0 aliphatic heterocycles. The number of hydrogen-bond acceptors (Lipinski definition) is 3. The zero-order valence-electron chi connectivity index (χ0n) is 26.4. The molecule has 0 spiro atoms. The van der Waals surface area contributed by atoms with E-state index in [1.165, 1.54) is 22.6 Å². The normalized spacial score (nSPS) is 12.1. The molecule has 221 valence electrons. The molecule has 0 fully saturated rings. The Morgan fingerprint density at radius 2 is 1.55 bits per heavy atom. The molecule has 40 heavy (non-hydrogen) atoms. The summed E-state index contributed by atoms with van der Waals surface area (Å²) in [6.07, 6.45) is 5.85. The zero-order chi connectivity index (χ0) is 29.4. The second-order valence-electron chi connectivity index (χ2n) is 12.0. The quantitative estimate of drug-likeness (QED) is 0.129. The summed E-state index contributed by atoms with van der Waals surface area (Å²) in [6.45, 7) is 20.8. The van der Waals surface area contributed by atoms with Crippen molar-refractivity contribution in [1.29, 1.82) is 0 Å². The minimum atomic E-state index is -0.337. The van der Waals surface area contributed by atoms with Crippen LogP contribution in [0, 0.1) is 36.7 Å². The number of carbonyl (C=O) groups is 1. The molecule has 4 heteroatoms. The van der Waals surface area contributed by atoms with E-state index in [2.05, 4.69) is 76.2 Å². The molecule has 3 nitrogen and oxygen atoms in total. The van der Waals surface area contributed by atoms with E-state index >= 15 is 0 Å². The van der Waals surface area contributed by atoms with E-state index in [-0.39, 0.29) is 42.5 Å². The third kappa shape index (κ3) is 9.11. The predicted molar refractivity (Wildman–Crippen MR) is 167 cm³/mol. The first-order valence-electron chi connectivity index (χ1n) is 14.7. The molecule has 1 radical (unpaired) electrons. The molecule has 0 unspecified atom stereocenters. The van der Waals surface area contributed by atoms with Crippen molar-refractivity contribution in [3.8, 4) is 11.3 Å². The maximum atomic E-state index is 12.2. The number of fused-ring (bicyclic) bond motifs is 1. The molecule has 0 aliphatic rings. The van der Waals surface area contributed by atoms with E-state index in [0.29, 0.717) is 5.92 Å². The Morgan fingerprint density at radius 3 is 2.08 bits per heavy atom. The van der Waals surface area contributed by atoms with Gasteiger partial charge in [-0.05, 0) is 55.3 Å². The van der Waals surface area contributed by atoms with Gasteiger partial charge < -0.3 is 5.11 Å². The third-order valence-corrected chi connectivity index (χ3v) is 8.48. The summed E-state index contributed by atoms with van der Waals surface area (Å²) >= 11 is 0. The van der Waals surface area contributed by atoms with E-state index in [4.69, 9.17) is 4.98 Å². The smallest absolute Gasteiger partial charge is 0.164 e. The average molecular weight is 721 g/mol.